The number of carbonyl (C=O) groups excluding carboxylic acids is 1. The summed E-state index contributed by atoms with van der Waals surface area (Å²) in [6, 6.07) is -0.806. The van der Waals surface area contributed by atoms with Crippen LogP contribution in [-0.4, -0.2) is 36.1 Å². The Morgan fingerprint density at radius 3 is 2.45 bits per heavy atom. The third kappa shape index (κ3) is 5.59. The molecule has 2 amide bonds. The molecule has 0 radical (unpaired) electrons. The number of hydrogen-bond donors (Lipinski definition) is 4. The SMILES string of the molecule is NC(=O)NOCC(CO)CO. The van der Waals surface area contributed by atoms with Gasteiger partial charge in [-0.25, -0.2) is 10.3 Å². The van der Waals surface area contributed by atoms with Gasteiger partial charge in [-0.15, -0.1) is 0 Å². The Bertz CT molecular complexity index is 115. The van der Waals surface area contributed by atoms with E-state index in [4.69, 9.17) is 10.2 Å². The van der Waals surface area contributed by atoms with Crippen molar-refractivity contribution in [3.8, 4) is 0 Å². The number of nitrogens with one attached hydrogen (secondary N) is 1. The molecule has 0 aromatic rings. The molecule has 0 heterocycles. The highest BCUT2D eigenvalue weighted by molar-refractivity contribution is 5.70. The van der Waals surface area contributed by atoms with E-state index in [1.165, 1.54) is 0 Å². The molecule has 6 heteroatoms. The molecular weight excluding hydrogens is 152 g/mol. The fraction of sp³-hybridized carbons (Fsp3) is 0.800. The van der Waals surface area contributed by atoms with Crippen molar-refractivity contribution in [2.24, 2.45) is 11.7 Å². The van der Waals surface area contributed by atoms with Crippen LogP contribution < -0.4 is 11.2 Å². The molecule has 0 spiro atoms. The van der Waals surface area contributed by atoms with Crippen LogP contribution in [0, 0.1) is 5.92 Å². The van der Waals surface area contributed by atoms with E-state index in [1.807, 2.05) is 5.48 Å². The Hall–Kier alpha value is -0.850. The molecule has 6 nitrogen and oxygen atoms in total. The quantitative estimate of drug-likeness (QED) is 0.359. The number of carbonyl (C=O) groups is 1. The van der Waals surface area contributed by atoms with Gasteiger partial charge in [-0.1, -0.05) is 0 Å². The molecule has 0 fully saturated rings. The Balaban J connectivity index is 3.28. The van der Waals surface area contributed by atoms with Crippen LogP contribution in [-0.2, 0) is 4.84 Å². The molecule has 0 saturated heterocycles. The van der Waals surface area contributed by atoms with Gasteiger partial charge in [-0.05, 0) is 0 Å². The zero-order valence-corrected chi connectivity index (χ0v) is 5.99. The van der Waals surface area contributed by atoms with Crippen molar-refractivity contribution in [2.45, 2.75) is 0 Å². The van der Waals surface area contributed by atoms with Gasteiger partial charge in [-0.3, -0.25) is 4.84 Å². The van der Waals surface area contributed by atoms with Crippen molar-refractivity contribution >= 4 is 6.03 Å². The predicted octanol–water partition coefficient (Wildman–Crippen LogP) is -1.81. The van der Waals surface area contributed by atoms with Crippen LogP contribution in [0.4, 0.5) is 4.79 Å². The maximum absolute atomic E-state index is 10.0. The van der Waals surface area contributed by atoms with Crippen LogP contribution in [0.3, 0.4) is 0 Å². The van der Waals surface area contributed by atoms with Crippen LogP contribution in [0.5, 0.6) is 0 Å². The molecule has 0 rings (SSSR count). The summed E-state index contributed by atoms with van der Waals surface area (Å²) < 4.78 is 0. The zero-order valence-electron chi connectivity index (χ0n) is 5.99. The Kier molecular flexibility index (Phi) is 5.44. The van der Waals surface area contributed by atoms with E-state index in [-0.39, 0.29) is 25.7 Å². The number of rotatable bonds is 5. The van der Waals surface area contributed by atoms with Gasteiger partial charge in [0.1, 0.15) is 0 Å². The summed E-state index contributed by atoms with van der Waals surface area (Å²) >= 11 is 0. The first-order valence-corrected chi connectivity index (χ1v) is 3.09. The normalized spacial score (nSPS) is 10.1. The van der Waals surface area contributed by atoms with Crippen LogP contribution in [0.2, 0.25) is 0 Å². The van der Waals surface area contributed by atoms with Crippen molar-refractivity contribution in [2.75, 3.05) is 19.8 Å². The molecule has 66 valence electrons. The van der Waals surface area contributed by atoms with E-state index in [0.29, 0.717) is 0 Å². The highest BCUT2D eigenvalue weighted by Crippen LogP contribution is 1.91. The maximum Gasteiger partial charge on any atom is 0.336 e. The summed E-state index contributed by atoms with van der Waals surface area (Å²) in [6.45, 7) is -0.357. The van der Waals surface area contributed by atoms with Crippen molar-refractivity contribution in [1.29, 1.82) is 0 Å². The fourth-order valence-electron chi connectivity index (χ4n) is 0.394. The number of aliphatic hydroxyl groups is 2. The molecule has 0 bridgehead atoms. The number of aliphatic hydroxyl groups excluding tert-OH is 2. The average molecular weight is 164 g/mol. The van der Waals surface area contributed by atoms with Gasteiger partial charge in [0.05, 0.1) is 19.8 Å². The molecule has 0 aromatic heterocycles. The van der Waals surface area contributed by atoms with Crippen LogP contribution >= 0.6 is 0 Å². The zero-order chi connectivity index (χ0) is 8.69. The number of hydroxylamine groups is 1. The topological polar surface area (TPSA) is 105 Å². The molecule has 0 aromatic carbocycles. The van der Waals surface area contributed by atoms with Gasteiger partial charge in [0, 0.05) is 5.92 Å². The Labute approximate surface area is 63.9 Å². The van der Waals surface area contributed by atoms with Crippen molar-refractivity contribution < 1.29 is 19.8 Å². The predicted molar refractivity (Wildman–Crippen MR) is 36.3 cm³/mol. The Morgan fingerprint density at radius 2 is 2.09 bits per heavy atom. The molecule has 0 unspecified atom stereocenters. The number of nitrogens with two attached hydrogens (primary N) is 1. The molecule has 0 saturated carbocycles. The third-order valence-electron chi connectivity index (χ3n) is 1.01. The molecule has 0 aliphatic carbocycles. The minimum atomic E-state index is -0.806. The Morgan fingerprint density at radius 1 is 1.55 bits per heavy atom. The van der Waals surface area contributed by atoms with Crippen molar-refractivity contribution in [3.05, 3.63) is 0 Å². The van der Waals surface area contributed by atoms with E-state index < -0.39 is 6.03 Å². The van der Waals surface area contributed by atoms with E-state index in [1.54, 1.807) is 0 Å². The second-order valence-corrected chi connectivity index (χ2v) is 2.01. The minimum absolute atomic E-state index is 0.0376. The number of primary amides is 1. The second-order valence-electron chi connectivity index (χ2n) is 2.01. The lowest BCUT2D eigenvalue weighted by Crippen LogP contribution is -2.32. The monoisotopic (exact) mass is 164 g/mol. The molecule has 0 atom stereocenters. The van der Waals surface area contributed by atoms with Gasteiger partial charge in [0.15, 0.2) is 0 Å². The van der Waals surface area contributed by atoms with Gasteiger partial charge in [0.25, 0.3) is 0 Å². The fourth-order valence-corrected chi connectivity index (χ4v) is 0.394. The summed E-state index contributed by atoms with van der Waals surface area (Å²) in [5.41, 5.74) is 6.52. The number of urea groups is 1. The third-order valence-corrected chi connectivity index (χ3v) is 1.01. The molecular formula is C5H12N2O4. The average Bonchev–Trinajstić information content (AvgIpc) is 1.98. The standard InChI is InChI=1S/C5H12N2O4/c6-5(10)7-11-3-4(1-8)2-9/h4,8-9H,1-3H2,(H3,6,7,10). The van der Waals surface area contributed by atoms with E-state index in [2.05, 4.69) is 10.6 Å². The smallest absolute Gasteiger partial charge is 0.336 e. The largest absolute Gasteiger partial charge is 0.396 e. The highest BCUT2D eigenvalue weighted by atomic mass is 16.7. The molecule has 11 heavy (non-hydrogen) atoms. The first-order chi connectivity index (χ1) is 5.20. The van der Waals surface area contributed by atoms with Crippen LogP contribution in [0.1, 0.15) is 0 Å². The van der Waals surface area contributed by atoms with Crippen molar-refractivity contribution in [1.82, 2.24) is 5.48 Å². The number of amides is 2. The van der Waals surface area contributed by atoms with E-state index >= 15 is 0 Å². The first kappa shape index (κ1) is 10.2. The van der Waals surface area contributed by atoms with Gasteiger partial charge in [0.2, 0.25) is 0 Å². The van der Waals surface area contributed by atoms with Crippen LogP contribution in [0.25, 0.3) is 0 Å². The maximum atomic E-state index is 10.0. The highest BCUT2D eigenvalue weighted by Gasteiger charge is 2.05. The summed E-state index contributed by atoms with van der Waals surface area (Å²) in [5, 5.41) is 17.0. The number of hydrogen-bond acceptors (Lipinski definition) is 4. The summed E-state index contributed by atoms with van der Waals surface area (Å²) in [6.07, 6.45) is 0. The van der Waals surface area contributed by atoms with E-state index in [0.717, 1.165) is 0 Å². The lowest BCUT2D eigenvalue weighted by Gasteiger charge is -2.09. The minimum Gasteiger partial charge on any atom is -0.396 e. The summed E-state index contributed by atoms with van der Waals surface area (Å²) in [4.78, 5) is 14.5. The lowest BCUT2D eigenvalue weighted by atomic mass is 10.2. The summed E-state index contributed by atoms with van der Waals surface area (Å²) in [5.74, 6) is -0.387. The lowest BCUT2D eigenvalue weighted by molar-refractivity contribution is 0.00700. The van der Waals surface area contributed by atoms with Gasteiger partial charge >= 0.3 is 6.03 Å². The van der Waals surface area contributed by atoms with Gasteiger partial charge in [-0.2, -0.15) is 0 Å². The van der Waals surface area contributed by atoms with E-state index in [9.17, 15) is 4.79 Å². The molecule has 0 aliphatic heterocycles. The molecule has 5 N–H and O–H groups in total. The summed E-state index contributed by atoms with van der Waals surface area (Å²) in [7, 11) is 0. The van der Waals surface area contributed by atoms with Crippen LogP contribution in [0.15, 0.2) is 0 Å². The van der Waals surface area contributed by atoms with Crippen molar-refractivity contribution in [3.63, 3.8) is 0 Å². The molecule has 0 aliphatic rings. The van der Waals surface area contributed by atoms with Gasteiger partial charge < -0.3 is 15.9 Å². The first-order valence-electron chi connectivity index (χ1n) is 3.09. The second kappa shape index (κ2) is 5.90.